The van der Waals surface area contributed by atoms with E-state index in [1.807, 2.05) is 6.07 Å². The van der Waals surface area contributed by atoms with Crippen LogP contribution in [0.1, 0.15) is 37.3 Å². The summed E-state index contributed by atoms with van der Waals surface area (Å²) in [7, 11) is 0. The van der Waals surface area contributed by atoms with Crippen LogP contribution in [0.25, 0.3) is 0 Å². The largest absolute Gasteiger partial charge is 0.306 e. The van der Waals surface area contributed by atoms with Gasteiger partial charge in [-0.1, -0.05) is 32.0 Å². The molecule has 3 heteroatoms. The molecule has 2 unspecified atom stereocenters. The van der Waals surface area contributed by atoms with E-state index in [-0.39, 0.29) is 5.82 Å². The van der Waals surface area contributed by atoms with Crippen LogP contribution in [-0.2, 0) is 6.42 Å². The maximum Gasteiger partial charge on any atom is 0.123 e. The molecule has 0 aliphatic rings. The van der Waals surface area contributed by atoms with Crippen LogP contribution < -0.4 is 5.32 Å². The standard InChI is InChI=1S/C17H22FNS/c1-12(2)17(16-8-5-9-20-16)19-13(3)10-14-6-4-7-15(18)11-14/h4-9,11-13,17,19H,10H2,1-3H3. The summed E-state index contributed by atoms with van der Waals surface area (Å²) in [5.41, 5.74) is 1.04. The molecule has 20 heavy (non-hydrogen) atoms. The number of benzene rings is 1. The highest BCUT2D eigenvalue weighted by atomic mass is 32.1. The second-order valence-electron chi connectivity index (χ2n) is 5.64. The van der Waals surface area contributed by atoms with Crippen LogP contribution in [0.2, 0.25) is 0 Å². The van der Waals surface area contributed by atoms with Crippen molar-refractivity contribution in [2.45, 2.75) is 39.3 Å². The molecule has 1 heterocycles. The van der Waals surface area contributed by atoms with Crippen LogP contribution in [0.4, 0.5) is 4.39 Å². The minimum absolute atomic E-state index is 0.159. The van der Waals surface area contributed by atoms with Crippen molar-refractivity contribution in [3.05, 3.63) is 58.0 Å². The Morgan fingerprint density at radius 1 is 1.15 bits per heavy atom. The molecule has 2 atom stereocenters. The highest BCUT2D eigenvalue weighted by molar-refractivity contribution is 7.10. The van der Waals surface area contributed by atoms with Crippen molar-refractivity contribution < 1.29 is 4.39 Å². The first kappa shape index (κ1) is 15.2. The molecule has 1 nitrogen and oxygen atoms in total. The van der Waals surface area contributed by atoms with E-state index in [2.05, 4.69) is 43.6 Å². The highest BCUT2D eigenvalue weighted by Gasteiger charge is 2.18. The summed E-state index contributed by atoms with van der Waals surface area (Å²) in [6.07, 6.45) is 0.840. The molecule has 0 aliphatic carbocycles. The quantitative estimate of drug-likeness (QED) is 0.805. The molecule has 2 aromatic rings. The van der Waals surface area contributed by atoms with E-state index >= 15 is 0 Å². The van der Waals surface area contributed by atoms with Gasteiger partial charge >= 0.3 is 0 Å². The first-order valence-corrected chi connectivity index (χ1v) is 7.98. The predicted octanol–water partition coefficient (Wildman–Crippen LogP) is 4.81. The van der Waals surface area contributed by atoms with E-state index in [1.165, 1.54) is 10.9 Å². The van der Waals surface area contributed by atoms with Crippen LogP contribution in [0.3, 0.4) is 0 Å². The molecule has 1 N–H and O–H groups in total. The van der Waals surface area contributed by atoms with Gasteiger partial charge in [0.1, 0.15) is 5.82 Å². The fraction of sp³-hybridized carbons (Fsp3) is 0.412. The predicted molar refractivity (Wildman–Crippen MR) is 84.6 cm³/mol. The van der Waals surface area contributed by atoms with Crippen molar-refractivity contribution >= 4 is 11.3 Å². The molecule has 1 aromatic heterocycles. The summed E-state index contributed by atoms with van der Waals surface area (Å²) in [6, 6.07) is 11.8. The van der Waals surface area contributed by atoms with E-state index in [4.69, 9.17) is 0 Å². The number of nitrogens with one attached hydrogen (secondary N) is 1. The van der Waals surface area contributed by atoms with Crippen molar-refractivity contribution in [3.8, 4) is 0 Å². The number of halogens is 1. The zero-order chi connectivity index (χ0) is 14.5. The summed E-state index contributed by atoms with van der Waals surface area (Å²) in [5, 5.41) is 5.79. The van der Waals surface area contributed by atoms with Crippen LogP contribution in [0, 0.1) is 11.7 Å². The molecule has 0 bridgehead atoms. The van der Waals surface area contributed by atoms with Crippen LogP contribution in [0.5, 0.6) is 0 Å². The van der Waals surface area contributed by atoms with Gasteiger partial charge in [-0.05, 0) is 48.4 Å². The third-order valence-corrected chi connectivity index (χ3v) is 4.37. The molecule has 1 aromatic carbocycles. The minimum Gasteiger partial charge on any atom is -0.306 e. The van der Waals surface area contributed by atoms with E-state index in [0.29, 0.717) is 18.0 Å². The van der Waals surface area contributed by atoms with Crippen molar-refractivity contribution in [2.75, 3.05) is 0 Å². The Bertz CT molecular complexity index is 522. The average molecular weight is 291 g/mol. The van der Waals surface area contributed by atoms with Crippen LogP contribution in [-0.4, -0.2) is 6.04 Å². The van der Waals surface area contributed by atoms with Crippen molar-refractivity contribution in [3.63, 3.8) is 0 Å². The molecule has 0 amide bonds. The van der Waals surface area contributed by atoms with Gasteiger partial charge in [0, 0.05) is 17.0 Å². The molecule has 0 saturated carbocycles. The fourth-order valence-electron chi connectivity index (χ4n) is 2.45. The Morgan fingerprint density at radius 2 is 1.95 bits per heavy atom. The van der Waals surface area contributed by atoms with E-state index < -0.39 is 0 Å². The number of rotatable bonds is 6. The molecule has 0 aliphatic heterocycles. The Morgan fingerprint density at radius 3 is 2.55 bits per heavy atom. The SMILES string of the molecule is CC(Cc1cccc(F)c1)NC(c1cccs1)C(C)C. The highest BCUT2D eigenvalue weighted by Crippen LogP contribution is 2.26. The molecule has 108 valence electrons. The summed E-state index contributed by atoms with van der Waals surface area (Å²) < 4.78 is 13.2. The summed E-state index contributed by atoms with van der Waals surface area (Å²) in [5.74, 6) is 0.372. The summed E-state index contributed by atoms with van der Waals surface area (Å²) >= 11 is 1.79. The maximum absolute atomic E-state index is 13.2. The topological polar surface area (TPSA) is 12.0 Å². The van der Waals surface area contributed by atoms with Gasteiger partial charge in [0.15, 0.2) is 0 Å². The van der Waals surface area contributed by atoms with Gasteiger partial charge in [-0.15, -0.1) is 11.3 Å². The van der Waals surface area contributed by atoms with E-state index in [9.17, 15) is 4.39 Å². The number of hydrogen-bond acceptors (Lipinski definition) is 2. The van der Waals surface area contributed by atoms with Gasteiger partial charge in [-0.3, -0.25) is 0 Å². The van der Waals surface area contributed by atoms with E-state index in [0.717, 1.165) is 12.0 Å². The van der Waals surface area contributed by atoms with Crippen molar-refractivity contribution in [2.24, 2.45) is 5.92 Å². The van der Waals surface area contributed by atoms with Crippen molar-refractivity contribution in [1.82, 2.24) is 5.32 Å². The molecular weight excluding hydrogens is 269 g/mol. The maximum atomic E-state index is 13.2. The lowest BCUT2D eigenvalue weighted by atomic mass is 10.00. The second kappa shape index (κ2) is 7.00. The smallest absolute Gasteiger partial charge is 0.123 e. The van der Waals surface area contributed by atoms with Crippen LogP contribution in [0.15, 0.2) is 41.8 Å². The zero-order valence-electron chi connectivity index (χ0n) is 12.3. The molecular formula is C17H22FNS. The lowest BCUT2D eigenvalue weighted by Crippen LogP contribution is -2.34. The molecule has 0 spiro atoms. The molecule has 2 rings (SSSR count). The molecule has 0 radical (unpaired) electrons. The Labute approximate surface area is 124 Å². The summed E-state index contributed by atoms with van der Waals surface area (Å²) in [4.78, 5) is 1.37. The Hall–Kier alpha value is -1.19. The molecule has 0 fully saturated rings. The number of hydrogen-bond donors (Lipinski definition) is 1. The number of thiophene rings is 1. The van der Waals surface area contributed by atoms with Gasteiger partial charge in [-0.2, -0.15) is 0 Å². The van der Waals surface area contributed by atoms with Gasteiger partial charge in [0.2, 0.25) is 0 Å². The van der Waals surface area contributed by atoms with Gasteiger partial charge < -0.3 is 5.32 Å². The normalized spacial score (nSPS) is 14.4. The van der Waals surface area contributed by atoms with Gasteiger partial charge in [0.25, 0.3) is 0 Å². The van der Waals surface area contributed by atoms with Gasteiger partial charge in [-0.25, -0.2) is 4.39 Å². The fourth-order valence-corrected chi connectivity index (χ4v) is 3.41. The average Bonchev–Trinajstić information content (AvgIpc) is 2.89. The minimum atomic E-state index is -0.159. The first-order valence-electron chi connectivity index (χ1n) is 7.10. The Kier molecular flexibility index (Phi) is 5.32. The van der Waals surface area contributed by atoms with Crippen LogP contribution >= 0.6 is 11.3 Å². The zero-order valence-corrected chi connectivity index (χ0v) is 13.1. The lowest BCUT2D eigenvalue weighted by Gasteiger charge is -2.26. The second-order valence-corrected chi connectivity index (χ2v) is 6.62. The third kappa shape index (κ3) is 4.15. The molecule has 0 saturated heterocycles. The Balaban J connectivity index is 2.00. The lowest BCUT2D eigenvalue weighted by molar-refractivity contribution is 0.373. The first-order chi connectivity index (χ1) is 9.56. The van der Waals surface area contributed by atoms with Crippen molar-refractivity contribution in [1.29, 1.82) is 0 Å². The summed E-state index contributed by atoms with van der Waals surface area (Å²) in [6.45, 7) is 6.62. The van der Waals surface area contributed by atoms with Gasteiger partial charge in [0.05, 0.1) is 0 Å². The third-order valence-electron chi connectivity index (χ3n) is 3.41. The monoisotopic (exact) mass is 291 g/mol. The van der Waals surface area contributed by atoms with E-state index in [1.54, 1.807) is 23.5 Å².